The molecule has 4 heteroatoms. The molecular weight excluding hydrogens is 428 g/mol. The molecule has 0 radical (unpaired) electrons. The topological polar surface area (TPSA) is 25.8 Å². The summed E-state index contributed by atoms with van der Waals surface area (Å²) in [5.41, 5.74) is 8.07. The number of thiol groups is 2. The van der Waals surface area contributed by atoms with E-state index >= 15 is 0 Å². The van der Waals surface area contributed by atoms with Crippen molar-refractivity contribution in [2.75, 3.05) is 0 Å². The average molecular weight is 453 g/mol. The maximum absolute atomic E-state index is 5.10. The highest BCUT2D eigenvalue weighted by atomic mass is 32.1. The Morgan fingerprint density at radius 3 is 1.31 bits per heavy atom. The zero-order chi connectivity index (χ0) is 22.2. The van der Waals surface area contributed by atoms with Gasteiger partial charge in [-0.1, -0.05) is 83.9 Å². The normalized spacial score (nSPS) is 13.4. The van der Waals surface area contributed by atoms with Crippen LogP contribution in [0.15, 0.2) is 84.9 Å². The first-order chi connectivity index (χ1) is 15.5. The van der Waals surface area contributed by atoms with Crippen LogP contribution in [0.1, 0.15) is 44.1 Å². The largest absolute Gasteiger partial charge is 0.248 e. The molecule has 0 saturated heterocycles. The maximum atomic E-state index is 5.10. The minimum absolute atomic E-state index is 0.200. The lowest BCUT2D eigenvalue weighted by molar-refractivity contribution is 0.951. The molecule has 0 saturated carbocycles. The molecule has 0 bridgehead atoms. The van der Waals surface area contributed by atoms with Crippen molar-refractivity contribution in [2.45, 2.75) is 24.3 Å². The van der Waals surface area contributed by atoms with Crippen molar-refractivity contribution in [3.63, 3.8) is 0 Å². The average Bonchev–Trinajstić information content (AvgIpc) is 2.82. The van der Waals surface area contributed by atoms with E-state index in [0.29, 0.717) is 0 Å². The van der Waals surface area contributed by atoms with E-state index in [-0.39, 0.29) is 10.5 Å². The SMILES string of the molecule is Cc1ccc(C(S)c2nc3cc4ccccc4cc3nc2C(S)c2ccc(C)cc2)cc1. The predicted molar refractivity (Wildman–Crippen MR) is 141 cm³/mol. The van der Waals surface area contributed by atoms with Crippen LogP contribution in [-0.4, -0.2) is 9.97 Å². The molecule has 0 aliphatic heterocycles. The minimum Gasteiger partial charge on any atom is -0.248 e. The summed E-state index contributed by atoms with van der Waals surface area (Å²) in [6, 6.07) is 29.4. The zero-order valence-electron chi connectivity index (χ0n) is 18.0. The van der Waals surface area contributed by atoms with Crippen LogP contribution >= 0.6 is 25.3 Å². The molecule has 0 amide bonds. The molecule has 0 N–H and O–H groups in total. The standard InChI is InChI=1S/C28H24N2S2/c1-17-7-11-19(12-8-17)27(31)25-26(28(32)20-13-9-18(2)10-14-20)30-24-16-22-6-4-3-5-21(22)15-23(24)29-25/h3-16,27-28,31-32H,1-2H3. The minimum atomic E-state index is -0.200. The van der Waals surface area contributed by atoms with Crippen LogP contribution in [0.4, 0.5) is 0 Å². The Bertz CT molecular complexity index is 1300. The van der Waals surface area contributed by atoms with Gasteiger partial charge in [0.05, 0.1) is 32.9 Å². The summed E-state index contributed by atoms with van der Waals surface area (Å²) in [6.45, 7) is 4.18. The predicted octanol–water partition coefficient (Wildman–Crippen LogP) is 7.44. The number of rotatable bonds is 4. The van der Waals surface area contributed by atoms with Gasteiger partial charge in [-0.2, -0.15) is 25.3 Å². The molecule has 0 fully saturated rings. The molecule has 5 rings (SSSR count). The molecule has 5 aromatic rings. The van der Waals surface area contributed by atoms with Crippen LogP contribution in [-0.2, 0) is 0 Å². The molecule has 2 atom stereocenters. The van der Waals surface area contributed by atoms with E-state index in [9.17, 15) is 0 Å². The van der Waals surface area contributed by atoms with Gasteiger partial charge in [0.15, 0.2) is 0 Å². The highest BCUT2D eigenvalue weighted by molar-refractivity contribution is 7.81. The third-order valence-electron chi connectivity index (χ3n) is 5.89. The van der Waals surface area contributed by atoms with E-state index in [1.54, 1.807) is 0 Å². The summed E-state index contributed by atoms with van der Waals surface area (Å²) >= 11 is 10.00. The molecule has 0 aliphatic rings. The Morgan fingerprint density at radius 1 is 0.562 bits per heavy atom. The molecule has 1 heterocycles. The molecule has 2 nitrogen and oxygen atoms in total. The van der Waals surface area contributed by atoms with Crippen molar-refractivity contribution in [3.05, 3.63) is 119 Å². The third kappa shape index (κ3) is 4.01. The monoisotopic (exact) mass is 452 g/mol. The molecule has 2 unspecified atom stereocenters. The Hall–Kier alpha value is -2.82. The van der Waals surface area contributed by atoms with Gasteiger partial charge in [-0.3, -0.25) is 0 Å². The third-order valence-corrected chi connectivity index (χ3v) is 6.98. The summed E-state index contributed by atoms with van der Waals surface area (Å²) in [7, 11) is 0. The van der Waals surface area contributed by atoms with E-state index in [1.165, 1.54) is 11.1 Å². The molecular formula is C28H24N2S2. The van der Waals surface area contributed by atoms with Gasteiger partial charge in [0.2, 0.25) is 0 Å². The van der Waals surface area contributed by atoms with Crippen LogP contribution in [0.5, 0.6) is 0 Å². The summed E-state index contributed by atoms with van der Waals surface area (Å²) in [6.07, 6.45) is 0. The van der Waals surface area contributed by atoms with Crippen LogP contribution in [0.3, 0.4) is 0 Å². The molecule has 1 aromatic heterocycles. The van der Waals surface area contributed by atoms with Crippen LogP contribution < -0.4 is 0 Å². The summed E-state index contributed by atoms with van der Waals surface area (Å²) < 4.78 is 0. The zero-order valence-corrected chi connectivity index (χ0v) is 19.8. The number of aryl methyl sites for hydroxylation is 2. The first kappa shape index (κ1) is 21.0. The fourth-order valence-corrected chi connectivity index (χ4v) is 4.71. The van der Waals surface area contributed by atoms with Gasteiger partial charge >= 0.3 is 0 Å². The molecule has 0 aliphatic carbocycles. The van der Waals surface area contributed by atoms with Crippen molar-refractivity contribution >= 4 is 47.1 Å². The van der Waals surface area contributed by atoms with Crippen LogP contribution in [0.2, 0.25) is 0 Å². The van der Waals surface area contributed by atoms with Crippen molar-refractivity contribution in [1.82, 2.24) is 9.97 Å². The van der Waals surface area contributed by atoms with Crippen molar-refractivity contribution < 1.29 is 0 Å². The Morgan fingerprint density at radius 2 is 0.938 bits per heavy atom. The number of nitrogens with zero attached hydrogens (tertiary/aromatic N) is 2. The lowest BCUT2D eigenvalue weighted by Crippen LogP contribution is -2.09. The Balaban J connectivity index is 1.72. The van der Waals surface area contributed by atoms with Crippen LogP contribution in [0.25, 0.3) is 21.8 Å². The van der Waals surface area contributed by atoms with Crippen molar-refractivity contribution in [3.8, 4) is 0 Å². The number of hydrogen-bond donors (Lipinski definition) is 2. The second-order valence-corrected chi connectivity index (χ2v) is 9.34. The van der Waals surface area contributed by atoms with Gasteiger partial charge in [-0.25, -0.2) is 9.97 Å². The van der Waals surface area contributed by atoms with Crippen molar-refractivity contribution in [1.29, 1.82) is 0 Å². The number of hydrogen-bond acceptors (Lipinski definition) is 4. The second-order valence-electron chi connectivity index (χ2n) is 8.31. The highest BCUT2D eigenvalue weighted by Gasteiger charge is 2.23. The molecule has 4 aromatic carbocycles. The van der Waals surface area contributed by atoms with E-state index in [0.717, 1.165) is 44.3 Å². The number of benzene rings is 4. The number of aromatic nitrogens is 2. The summed E-state index contributed by atoms with van der Waals surface area (Å²) in [4.78, 5) is 10.2. The maximum Gasteiger partial charge on any atom is 0.0897 e. The molecule has 32 heavy (non-hydrogen) atoms. The first-order valence-corrected chi connectivity index (χ1v) is 11.7. The van der Waals surface area contributed by atoms with Crippen molar-refractivity contribution in [2.24, 2.45) is 0 Å². The van der Waals surface area contributed by atoms with Gasteiger partial charge in [-0.15, -0.1) is 0 Å². The molecule has 158 valence electrons. The quantitative estimate of drug-likeness (QED) is 0.219. The fourth-order valence-electron chi connectivity index (χ4n) is 3.99. The summed E-state index contributed by atoms with van der Waals surface area (Å²) in [5.74, 6) is 0. The molecule has 0 spiro atoms. The van der Waals surface area contributed by atoms with E-state index in [4.69, 9.17) is 35.2 Å². The second kappa shape index (κ2) is 8.61. The van der Waals surface area contributed by atoms with Gasteiger partial charge in [0, 0.05) is 0 Å². The first-order valence-electron chi connectivity index (χ1n) is 10.7. The lowest BCUT2D eigenvalue weighted by atomic mass is 10.0. The smallest absolute Gasteiger partial charge is 0.0897 e. The van der Waals surface area contributed by atoms with Gasteiger partial charge in [0.25, 0.3) is 0 Å². The number of fused-ring (bicyclic) bond motifs is 2. The van der Waals surface area contributed by atoms with Gasteiger partial charge in [-0.05, 0) is 47.9 Å². The lowest BCUT2D eigenvalue weighted by Gasteiger charge is -2.20. The van der Waals surface area contributed by atoms with E-state index < -0.39 is 0 Å². The van der Waals surface area contributed by atoms with E-state index in [1.807, 2.05) is 12.1 Å². The van der Waals surface area contributed by atoms with Crippen LogP contribution in [0, 0.1) is 13.8 Å². The van der Waals surface area contributed by atoms with Gasteiger partial charge in [0.1, 0.15) is 0 Å². The summed E-state index contributed by atoms with van der Waals surface area (Å²) in [5, 5.41) is 1.91. The van der Waals surface area contributed by atoms with Gasteiger partial charge < -0.3 is 0 Å². The highest BCUT2D eigenvalue weighted by Crippen LogP contribution is 2.37. The van der Waals surface area contributed by atoms with E-state index in [2.05, 4.69) is 86.6 Å². The Kier molecular flexibility index (Phi) is 5.66. The Labute approximate surface area is 199 Å². The fraction of sp³-hybridized carbons (Fsp3) is 0.143.